The number of aromatic nitrogens is 3. The SMILES string of the molecule is CCC(C)Sc1nnc(C)n1CCc1cccs1. The van der Waals surface area contributed by atoms with Gasteiger partial charge < -0.3 is 4.57 Å². The van der Waals surface area contributed by atoms with Crippen molar-refractivity contribution in [2.24, 2.45) is 0 Å². The fraction of sp³-hybridized carbons (Fsp3) is 0.538. The number of thioether (sulfide) groups is 1. The van der Waals surface area contributed by atoms with Gasteiger partial charge in [0.25, 0.3) is 0 Å². The Kier molecular flexibility index (Phi) is 4.83. The van der Waals surface area contributed by atoms with E-state index in [1.54, 1.807) is 0 Å². The van der Waals surface area contributed by atoms with Crippen LogP contribution < -0.4 is 0 Å². The topological polar surface area (TPSA) is 30.7 Å². The Morgan fingerprint density at radius 1 is 1.44 bits per heavy atom. The van der Waals surface area contributed by atoms with Crippen molar-refractivity contribution in [1.82, 2.24) is 14.8 Å². The summed E-state index contributed by atoms with van der Waals surface area (Å²) in [6, 6.07) is 4.29. The van der Waals surface area contributed by atoms with Gasteiger partial charge in [0.1, 0.15) is 5.82 Å². The van der Waals surface area contributed by atoms with Crippen LogP contribution in [0, 0.1) is 6.92 Å². The van der Waals surface area contributed by atoms with Crippen LogP contribution in [0.3, 0.4) is 0 Å². The third-order valence-electron chi connectivity index (χ3n) is 2.95. The van der Waals surface area contributed by atoms with Gasteiger partial charge in [-0.15, -0.1) is 21.5 Å². The molecule has 0 saturated heterocycles. The maximum absolute atomic E-state index is 4.28. The Labute approximate surface area is 117 Å². The molecule has 18 heavy (non-hydrogen) atoms. The van der Waals surface area contributed by atoms with Gasteiger partial charge in [-0.05, 0) is 31.2 Å². The van der Waals surface area contributed by atoms with Gasteiger partial charge in [-0.3, -0.25) is 0 Å². The third kappa shape index (κ3) is 3.36. The normalized spacial score (nSPS) is 12.8. The molecule has 0 saturated carbocycles. The Bertz CT molecular complexity index is 476. The minimum atomic E-state index is 0.592. The van der Waals surface area contributed by atoms with E-state index in [1.807, 2.05) is 30.0 Å². The molecule has 2 aromatic rings. The van der Waals surface area contributed by atoms with Gasteiger partial charge in [-0.25, -0.2) is 0 Å². The molecule has 0 fully saturated rings. The van der Waals surface area contributed by atoms with E-state index >= 15 is 0 Å². The average molecular weight is 281 g/mol. The average Bonchev–Trinajstić information content (AvgIpc) is 2.98. The molecule has 0 N–H and O–H groups in total. The second-order valence-electron chi connectivity index (χ2n) is 4.35. The number of thiophene rings is 1. The first-order valence-corrected chi connectivity index (χ1v) is 8.05. The second kappa shape index (κ2) is 6.38. The smallest absolute Gasteiger partial charge is 0.191 e. The van der Waals surface area contributed by atoms with Crippen molar-refractivity contribution in [3.63, 3.8) is 0 Å². The standard InChI is InChI=1S/C13H19N3S2/c1-4-10(2)18-13-15-14-11(3)16(13)8-7-12-6-5-9-17-12/h5-6,9-10H,4,7-8H2,1-3H3. The molecule has 0 aliphatic rings. The fourth-order valence-corrected chi connectivity index (χ4v) is 3.31. The summed E-state index contributed by atoms with van der Waals surface area (Å²) in [5.74, 6) is 1.01. The molecule has 1 atom stereocenters. The summed E-state index contributed by atoms with van der Waals surface area (Å²) < 4.78 is 2.23. The highest BCUT2D eigenvalue weighted by atomic mass is 32.2. The van der Waals surface area contributed by atoms with E-state index in [0.717, 1.165) is 30.4 Å². The van der Waals surface area contributed by atoms with Crippen LogP contribution in [-0.2, 0) is 13.0 Å². The summed E-state index contributed by atoms with van der Waals surface area (Å²) in [4.78, 5) is 1.42. The fourth-order valence-electron chi connectivity index (χ4n) is 1.65. The largest absolute Gasteiger partial charge is 0.306 e. The van der Waals surface area contributed by atoms with Gasteiger partial charge in [0.15, 0.2) is 5.16 Å². The zero-order chi connectivity index (χ0) is 13.0. The quantitative estimate of drug-likeness (QED) is 0.755. The molecule has 0 aromatic carbocycles. The molecule has 98 valence electrons. The Morgan fingerprint density at radius 2 is 2.28 bits per heavy atom. The molecule has 0 bridgehead atoms. The van der Waals surface area contributed by atoms with E-state index in [1.165, 1.54) is 4.88 Å². The molecule has 5 heteroatoms. The first-order valence-electron chi connectivity index (χ1n) is 6.29. The molecule has 2 aromatic heterocycles. The van der Waals surface area contributed by atoms with Crippen molar-refractivity contribution >= 4 is 23.1 Å². The lowest BCUT2D eigenvalue weighted by Gasteiger charge is -2.10. The van der Waals surface area contributed by atoms with Crippen LogP contribution in [0.25, 0.3) is 0 Å². The van der Waals surface area contributed by atoms with E-state index in [0.29, 0.717) is 5.25 Å². The summed E-state index contributed by atoms with van der Waals surface area (Å²) in [5.41, 5.74) is 0. The van der Waals surface area contributed by atoms with E-state index in [2.05, 4.69) is 46.1 Å². The lowest BCUT2D eigenvalue weighted by molar-refractivity contribution is 0.619. The van der Waals surface area contributed by atoms with Gasteiger partial charge >= 0.3 is 0 Å². The van der Waals surface area contributed by atoms with Crippen molar-refractivity contribution in [3.8, 4) is 0 Å². The highest BCUT2D eigenvalue weighted by molar-refractivity contribution is 7.99. The lowest BCUT2D eigenvalue weighted by atomic mass is 10.3. The summed E-state index contributed by atoms with van der Waals surface area (Å²) in [7, 11) is 0. The molecule has 0 aliphatic heterocycles. The number of aryl methyl sites for hydroxylation is 2. The summed E-state index contributed by atoms with van der Waals surface area (Å²) in [6.45, 7) is 7.44. The summed E-state index contributed by atoms with van der Waals surface area (Å²) in [5, 5.41) is 12.3. The molecular weight excluding hydrogens is 262 g/mol. The molecular formula is C13H19N3S2. The first kappa shape index (κ1) is 13.6. The Hall–Kier alpha value is -0.810. The van der Waals surface area contributed by atoms with Crippen molar-refractivity contribution in [3.05, 3.63) is 28.2 Å². The summed E-state index contributed by atoms with van der Waals surface area (Å²) in [6.07, 6.45) is 2.21. The number of hydrogen-bond donors (Lipinski definition) is 0. The minimum Gasteiger partial charge on any atom is -0.306 e. The number of nitrogens with zero attached hydrogens (tertiary/aromatic N) is 3. The lowest BCUT2D eigenvalue weighted by Crippen LogP contribution is -2.06. The van der Waals surface area contributed by atoms with Gasteiger partial charge in [-0.2, -0.15) is 0 Å². The van der Waals surface area contributed by atoms with Crippen LogP contribution in [0.4, 0.5) is 0 Å². The van der Waals surface area contributed by atoms with Crippen molar-refractivity contribution in [1.29, 1.82) is 0 Å². The first-order chi connectivity index (χ1) is 8.70. The highest BCUT2D eigenvalue weighted by Gasteiger charge is 2.12. The van der Waals surface area contributed by atoms with Crippen LogP contribution in [0.5, 0.6) is 0 Å². The molecule has 3 nitrogen and oxygen atoms in total. The van der Waals surface area contributed by atoms with E-state index in [-0.39, 0.29) is 0 Å². The predicted molar refractivity (Wildman–Crippen MR) is 78.4 cm³/mol. The van der Waals surface area contributed by atoms with Gasteiger partial charge in [-0.1, -0.05) is 31.7 Å². The molecule has 0 radical (unpaired) electrons. The Balaban J connectivity index is 2.04. The third-order valence-corrected chi connectivity index (χ3v) is 5.13. The molecule has 2 heterocycles. The van der Waals surface area contributed by atoms with Crippen LogP contribution >= 0.6 is 23.1 Å². The molecule has 0 aliphatic carbocycles. The zero-order valence-electron chi connectivity index (χ0n) is 11.1. The number of rotatable bonds is 6. The van der Waals surface area contributed by atoms with Crippen LogP contribution in [0.2, 0.25) is 0 Å². The van der Waals surface area contributed by atoms with Crippen molar-refractivity contribution in [2.75, 3.05) is 0 Å². The number of hydrogen-bond acceptors (Lipinski definition) is 4. The minimum absolute atomic E-state index is 0.592. The van der Waals surface area contributed by atoms with Crippen LogP contribution in [-0.4, -0.2) is 20.0 Å². The summed E-state index contributed by atoms with van der Waals surface area (Å²) >= 11 is 3.63. The zero-order valence-corrected chi connectivity index (χ0v) is 12.7. The molecule has 1 unspecified atom stereocenters. The van der Waals surface area contributed by atoms with E-state index < -0.39 is 0 Å². The second-order valence-corrected chi connectivity index (χ2v) is 6.79. The van der Waals surface area contributed by atoms with Crippen LogP contribution in [0.15, 0.2) is 22.7 Å². The highest BCUT2D eigenvalue weighted by Crippen LogP contribution is 2.24. The van der Waals surface area contributed by atoms with Gasteiger partial charge in [0.05, 0.1) is 0 Å². The molecule has 0 spiro atoms. The molecule has 0 amide bonds. The maximum Gasteiger partial charge on any atom is 0.191 e. The maximum atomic E-state index is 4.28. The van der Waals surface area contributed by atoms with Crippen molar-refractivity contribution in [2.45, 2.75) is 50.6 Å². The molecule has 2 rings (SSSR count). The van der Waals surface area contributed by atoms with Crippen molar-refractivity contribution < 1.29 is 0 Å². The predicted octanol–water partition coefficient (Wildman–Crippen LogP) is 3.78. The Morgan fingerprint density at radius 3 is 2.94 bits per heavy atom. The monoisotopic (exact) mass is 281 g/mol. The van der Waals surface area contributed by atoms with E-state index in [4.69, 9.17) is 0 Å². The van der Waals surface area contributed by atoms with E-state index in [9.17, 15) is 0 Å². The van der Waals surface area contributed by atoms with Crippen LogP contribution in [0.1, 0.15) is 31.0 Å². The van der Waals surface area contributed by atoms with Gasteiger partial charge in [0, 0.05) is 16.7 Å². The van der Waals surface area contributed by atoms with Gasteiger partial charge in [0.2, 0.25) is 0 Å².